The Hall–Kier alpha value is -2.65. The van der Waals surface area contributed by atoms with Gasteiger partial charge in [-0.3, -0.25) is 9.80 Å². The third-order valence-corrected chi connectivity index (χ3v) is 7.81. The van der Waals surface area contributed by atoms with E-state index in [4.69, 9.17) is 4.74 Å². The van der Waals surface area contributed by atoms with E-state index in [1.807, 2.05) is 47.9 Å². The Balaban J connectivity index is 1.45. The van der Waals surface area contributed by atoms with Crippen LogP contribution < -0.4 is 4.74 Å². The number of H-pyrrole nitrogens is 1. The van der Waals surface area contributed by atoms with Gasteiger partial charge in [0.15, 0.2) is 0 Å². The summed E-state index contributed by atoms with van der Waals surface area (Å²) in [5.41, 5.74) is 0.778. The lowest BCUT2D eigenvalue weighted by Gasteiger charge is -2.43. The highest BCUT2D eigenvalue weighted by molar-refractivity contribution is 5.85. The Morgan fingerprint density at radius 2 is 1.76 bits per heavy atom. The van der Waals surface area contributed by atoms with Gasteiger partial charge < -0.3 is 9.72 Å². The van der Waals surface area contributed by atoms with Crippen molar-refractivity contribution in [2.75, 3.05) is 26.2 Å². The highest BCUT2D eigenvalue weighted by Crippen LogP contribution is 2.43. The standard InChI is InChI=1S/C29H34F5N3O/c1-16-9-21-20-7-5-6-8-24(20)35-26(21)27(37(16)15-29(3,4)34)25-22(30)10-19(11-23(25)31)38-14-17(2)36-12-18(13-36)28(32)33/h5-8,10-11,16-18,27-28,35H,9,12-15H2,1-4H3/t16-,17+,27-/m1/s1. The van der Waals surface area contributed by atoms with E-state index in [0.717, 1.165) is 28.6 Å². The molecule has 9 heteroatoms. The molecule has 206 valence electrons. The Bertz CT molecular complexity index is 1270. The monoisotopic (exact) mass is 535 g/mol. The minimum absolute atomic E-state index is 0.00225. The summed E-state index contributed by atoms with van der Waals surface area (Å²) in [6, 6.07) is 8.85. The lowest BCUT2D eigenvalue weighted by atomic mass is 9.87. The van der Waals surface area contributed by atoms with E-state index in [1.165, 1.54) is 13.8 Å². The molecular weight excluding hydrogens is 501 g/mol. The Morgan fingerprint density at radius 3 is 2.39 bits per heavy atom. The van der Waals surface area contributed by atoms with Gasteiger partial charge in [0.2, 0.25) is 6.43 Å². The van der Waals surface area contributed by atoms with Crippen LogP contribution in [-0.2, 0) is 6.42 Å². The Labute approximate surface area is 219 Å². The number of ether oxygens (including phenoxy) is 1. The van der Waals surface area contributed by atoms with Crippen LogP contribution in [-0.4, -0.2) is 65.2 Å². The number of hydrogen-bond acceptors (Lipinski definition) is 3. The number of halogens is 5. The number of likely N-dealkylation sites (tertiary alicyclic amines) is 1. The molecule has 38 heavy (non-hydrogen) atoms. The van der Waals surface area contributed by atoms with Gasteiger partial charge >= 0.3 is 0 Å². The van der Waals surface area contributed by atoms with Gasteiger partial charge in [-0.1, -0.05) is 18.2 Å². The molecule has 2 aromatic carbocycles. The SMILES string of the molecule is C[C@@H]1Cc2c([nH]c3ccccc23)[C@@H](c2c(F)cc(OC[C@H](C)N3CC(C(F)F)C3)cc2F)N1CC(C)(C)F. The molecule has 1 N–H and O–H groups in total. The molecule has 0 bridgehead atoms. The molecule has 0 spiro atoms. The first-order chi connectivity index (χ1) is 17.9. The van der Waals surface area contributed by atoms with Gasteiger partial charge in [-0.15, -0.1) is 0 Å². The summed E-state index contributed by atoms with van der Waals surface area (Å²) < 4.78 is 77.6. The second-order valence-corrected chi connectivity index (χ2v) is 11.4. The summed E-state index contributed by atoms with van der Waals surface area (Å²) in [7, 11) is 0. The lowest BCUT2D eigenvalue weighted by molar-refractivity contribution is -0.0478. The van der Waals surface area contributed by atoms with Crippen molar-refractivity contribution in [2.24, 2.45) is 5.92 Å². The maximum atomic E-state index is 15.7. The van der Waals surface area contributed by atoms with Crippen molar-refractivity contribution in [1.82, 2.24) is 14.8 Å². The fraction of sp³-hybridized carbons (Fsp3) is 0.517. The fourth-order valence-electron chi connectivity index (χ4n) is 5.79. The molecule has 0 unspecified atom stereocenters. The molecule has 3 aromatic rings. The Morgan fingerprint density at radius 1 is 1.11 bits per heavy atom. The van der Waals surface area contributed by atoms with E-state index in [1.54, 1.807) is 0 Å². The zero-order valence-electron chi connectivity index (χ0n) is 22.1. The third-order valence-electron chi connectivity index (χ3n) is 7.81. The van der Waals surface area contributed by atoms with Crippen LogP contribution in [0.5, 0.6) is 5.75 Å². The summed E-state index contributed by atoms with van der Waals surface area (Å²) in [6.45, 7) is 7.37. The van der Waals surface area contributed by atoms with Gasteiger partial charge in [-0.25, -0.2) is 22.0 Å². The number of hydrogen-bond donors (Lipinski definition) is 1. The first-order valence-corrected chi connectivity index (χ1v) is 13.1. The molecule has 0 amide bonds. The van der Waals surface area contributed by atoms with E-state index in [0.29, 0.717) is 12.1 Å². The number of fused-ring (bicyclic) bond motifs is 3. The largest absolute Gasteiger partial charge is 0.492 e. The van der Waals surface area contributed by atoms with E-state index >= 15 is 8.78 Å². The quantitative estimate of drug-likeness (QED) is 0.335. The number of para-hydroxylation sites is 1. The second kappa shape index (κ2) is 10.2. The van der Waals surface area contributed by atoms with Crippen LogP contribution in [0.2, 0.25) is 0 Å². The van der Waals surface area contributed by atoms with Crippen LogP contribution in [0, 0.1) is 17.6 Å². The van der Waals surface area contributed by atoms with Gasteiger partial charge in [0, 0.05) is 71.9 Å². The number of nitrogens with one attached hydrogen (secondary N) is 1. The predicted molar refractivity (Wildman–Crippen MR) is 138 cm³/mol. The molecule has 0 radical (unpaired) electrons. The van der Waals surface area contributed by atoms with Gasteiger partial charge in [0.1, 0.15) is 29.7 Å². The first kappa shape index (κ1) is 26.9. The summed E-state index contributed by atoms with van der Waals surface area (Å²) in [6.07, 6.45) is -1.73. The number of benzene rings is 2. The number of nitrogens with zero attached hydrogens (tertiary/aromatic N) is 2. The number of alkyl halides is 3. The Kier molecular flexibility index (Phi) is 7.20. The molecule has 3 heterocycles. The van der Waals surface area contributed by atoms with Crippen molar-refractivity contribution in [3.05, 3.63) is 64.9 Å². The molecule has 4 nitrogen and oxygen atoms in total. The molecule has 1 fully saturated rings. The van der Waals surface area contributed by atoms with E-state index in [9.17, 15) is 13.2 Å². The molecule has 2 aliphatic heterocycles. The molecule has 0 aliphatic carbocycles. The van der Waals surface area contributed by atoms with Crippen molar-refractivity contribution in [3.63, 3.8) is 0 Å². The lowest BCUT2D eigenvalue weighted by Crippen LogP contribution is -2.55. The van der Waals surface area contributed by atoms with Gasteiger partial charge in [0.25, 0.3) is 0 Å². The van der Waals surface area contributed by atoms with Crippen molar-refractivity contribution in [3.8, 4) is 5.75 Å². The van der Waals surface area contributed by atoms with Crippen LogP contribution in [0.15, 0.2) is 36.4 Å². The minimum Gasteiger partial charge on any atom is -0.492 e. The fourth-order valence-corrected chi connectivity index (χ4v) is 5.79. The summed E-state index contributed by atoms with van der Waals surface area (Å²) in [5.74, 6) is -2.17. The zero-order valence-corrected chi connectivity index (χ0v) is 22.1. The van der Waals surface area contributed by atoms with Crippen molar-refractivity contribution >= 4 is 10.9 Å². The number of rotatable bonds is 8. The van der Waals surface area contributed by atoms with E-state index < -0.39 is 35.7 Å². The molecule has 1 aromatic heterocycles. The van der Waals surface area contributed by atoms with Crippen LogP contribution >= 0.6 is 0 Å². The average Bonchev–Trinajstić information content (AvgIpc) is 3.15. The molecule has 3 atom stereocenters. The average molecular weight is 536 g/mol. The van der Waals surface area contributed by atoms with Gasteiger partial charge in [-0.05, 0) is 45.7 Å². The number of aromatic amines is 1. The molecule has 5 rings (SSSR count). The van der Waals surface area contributed by atoms with Crippen molar-refractivity contribution in [2.45, 2.75) is 64.3 Å². The maximum Gasteiger partial charge on any atom is 0.243 e. The topological polar surface area (TPSA) is 31.5 Å². The maximum absolute atomic E-state index is 15.7. The highest BCUT2D eigenvalue weighted by atomic mass is 19.3. The second-order valence-electron chi connectivity index (χ2n) is 11.4. The zero-order chi connectivity index (χ0) is 27.4. The van der Waals surface area contributed by atoms with E-state index in [-0.39, 0.29) is 49.6 Å². The van der Waals surface area contributed by atoms with Crippen molar-refractivity contribution < 1.29 is 26.7 Å². The van der Waals surface area contributed by atoms with Gasteiger partial charge in [-0.2, -0.15) is 0 Å². The number of aromatic nitrogens is 1. The normalized spacial score (nSPS) is 22.1. The summed E-state index contributed by atoms with van der Waals surface area (Å²) in [4.78, 5) is 7.04. The summed E-state index contributed by atoms with van der Waals surface area (Å²) in [5, 5.41) is 0.994. The first-order valence-electron chi connectivity index (χ1n) is 13.1. The smallest absolute Gasteiger partial charge is 0.243 e. The summed E-state index contributed by atoms with van der Waals surface area (Å²) >= 11 is 0. The highest BCUT2D eigenvalue weighted by Gasteiger charge is 2.41. The van der Waals surface area contributed by atoms with Crippen LogP contribution in [0.3, 0.4) is 0 Å². The molecule has 0 saturated carbocycles. The third kappa shape index (κ3) is 5.15. The molecule has 1 saturated heterocycles. The molecular formula is C29H34F5N3O. The van der Waals surface area contributed by atoms with Gasteiger partial charge in [0.05, 0.1) is 6.04 Å². The van der Waals surface area contributed by atoms with Crippen molar-refractivity contribution in [1.29, 1.82) is 0 Å². The predicted octanol–water partition coefficient (Wildman–Crippen LogP) is 6.49. The van der Waals surface area contributed by atoms with Crippen LogP contribution in [0.1, 0.15) is 50.6 Å². The van der Waals surface area contributed by atoms with Crippen LogP contribution in [0.4, 0.5) is 22.0 Å². The molecule has 2 aliphatic rings. The minimum atomic E-state index is -2.35. The van der Waals surface area contributed by atoms with Crippen LogP contribution in [0.25, 0.3) is 10.9 Å². The van der Waals surface area contributed by atoms with E-state index in [2.05, 4.69) is 4.98 Å².